The maximum Gasteiger partial charge on any atom is 0.387 e. The molecule has 3 nitrogen and oxygen atoms in total. The second-order valence-corrected chi connectivity index (χ2v) is 4.22. The lowest BCUT2D eigenvalue weighted by atomic mass is 9.88. The number of ketones is 1. The molecule has 1 rings (SSSR count). The van der Waals surface area contributed by atoms with Crippen LogP contribution >= 0.6 is 0 Å². The van der Waals surface area contributed by atoms with Crippen LogP contribution in [-0.4, -0.2) is 12.4 Å². The lowest BCUT2D eigenvalue weighted by molar-refractivity contribution is -0.122. The van der Waals surface area contributed by atoms with Gasteiger partial charge in [0, 0.05) is 5.92 Å². The summed E-state index contributed by atoms with van der Waals surface area (Å²) in [5, 5.41) is 9.09. The molecule has 1 aromatic rings. The van der Waals surface area contributed by atoms with Crippen molar-refractivity contribution in [3.63, 3.8) is 0 Å². The minimum Gasteiger partial charge on any atom is -0.435 e. The standard InChI is InChI=1S/C14H15F2NO2/c1-3-9(2)13(18)12(8-17)10-4-6-11(7-5-10)19-14(15)16/h4-7,9,12,14H,3H2,1-2H3. The van der Waals surface area contributed by atoms with Gasteiger partial charge in [0.2, 0.25) is 0 Å². The third-order valence-electron chi connectivity index (χ3n) is 2.95. The minimum absolute atomic E-state index is 0.00595. The van der Waals surface area contributed by atoms with E-state index in [-0.39, 0.29) is 17.5 Å². The topological polar surface area (TPSA) is 50.1 Å². The molecule has 0 saturated heterocycles. The van der Waals surface area contributed by atoms with Crippen LogP contribution in [0.2, 0.25) is 0 Å². The molecule has 0 heterocycles. The van der Waals surface area contributed by atoms with Crippen LogP contribution in [0.3, 0.4) is 0 Å². The Labute approximate surface area is 110 Å². The molecule has 5 heteroatoms. The van der Waals surface area contributed by atoms with Gasteiger partial charge in [-0.1, -0.05) is 26.0 Å². The van der Waals surface area contributed by atoms with Crippen LogP contribution in [0.4, 0.5) is 8.78 Å². The fourth-order valence-corrected chi connectivity index (χ4v) is 1.63. The van der Waals surface area contributed by atoms with Gasteiger partial charge in [0.25, 0.3) is 0 Å². The van der Waals surface area contributed by atoms with Crippen molar-refractivity contribution in [2.24, 2.45) is 5.92 Å². The summed E-state index contributed by atoms with van der Waals surface area (Å²) < 4.78 is 28.2. The van der Waals surface area contributed by atoms with Gasteiger partial charge in [-0.15, -0.1) is 0 Å². The smallest absolute Gasteiger partial charge is 0.387 e. The molecule has 0 aromatic heterocycles. The van der Waals surface area contributed by atoms with Gasteiger partial charge in [-0.05, 0) is 24.1 Å². The molecule has 2 unspecified atom stereocenters. The van der Waals surface area contributed by atoms with Crippen molar-refractivity contribution in [3.8, 4) is 11.8 Å². The van der Waals surface area contributed by atoms with Crippen molar-refractivity contribution in [1.29, 1.82) is 5.26 Å². The van der Waals surface area contributed by atoms with E-state index >= 15 is 0 Å². The van der Waals surface area contributed by atoms with Crippen LogP contribution in [0, 0.1) is 17.2 Å². The molecule has 0 bridgehead atoms. The number of hydrogen-bond acceptors (Lipinski definition) is 3. The van der Waals surface area contributed by atoms with Crippen LogP contribution in [-0.2, 0) is 4.79 Å². The van der Waals surface area contributed by atoms with Gasteiger partial charge < -0.3 is 4.74 Å². The summed E-state index contributed by atoms with van der Waals surface area (Å²) in [5.74, 6) is -1.23. The minimum atomic E-state index is -2.89. The average Bonchev–Trinajstić information content (AvgIpc) is 2.39. The van der Waals surface area contributed by atoms with E-state index in [4.69, 9.17) is 5.26 Å². The quantitative estimate of drug-likeness (QED) is 0.792. The van der Waals surface area contributed by atoms with Crippen molar-refractivity contribution in [2.45, 2.75) is 32.8 Å². The Morgan fingerprint density at radius 1 is 1.37 bits per heavy atom. The zero-order valence-electron chi connectivity index (χ0n) is 10.8. The lowest BCUT2D eigenvalue weighted by Crippen LogP contribution is -2.18. The van der Waals surface area contributed by atoms with Crippen molar-refractivity contribution in [3.05, 3.63) is 29.8 Å². The molecule has 0 radical (unpaired) electrons. The van der Waals surface area contributed by atoms with E-state index in [1.54, 1.807) is 6.92 Å². The number of rotatable bonds is 6. The van der Waals surface area contributed by atoms with Crippen LogP contribution in [0.5, 0.6) is 5.75 Å². The highest BCUT2D eigenvalue weighted by molar-refractivity contribution is 5.90. The maximum atomic E-state index is 12.0. The van der Waals surface area contributed by atoms with Crippen LogP contribution < -0.4 is 4.74 Å². The van der Waals surface area contributed by atoms with Gasteiger partial charge in [-0.2, -0.15) is 14.0 Å². The SMILES string of the molecule is CCC(C)C(=O)C(C#N)c1ccc(OC(F)F)cc1. The first-order valence-corrected chi connectivity index (χ1v) is 5.97. The van der Waals surface area contributed by atoms with Gasteiger partial charge in [-0.25, -0.2) is 0 Å². The first kappa shape index (κ1) is 15.1. The van der Waals surface area contributed by atoms with E-state index in [1.165, 1.54) is 24.3 Å². The van der Waals surface area contributed by atoms with E-state index in [0.29, 0.717) is 12.0 Å². The van der Waals surface area contributed by atoms with Crippen LogP contribution in [0.1, 0.15) is 31.7 Å². The molecule has 0 spiro atoms. The number of halogens is 2. The Balaban J connectivity index is 2.89. The first-order chi connectivity index (χ1) is 8.99. The molecule has 0 saturated carbocycles. The van der Waals surface area contributed by atoms with E-state index in [9.17, 15) is 13.6 Å². The molecule has 0 fully saturated rings. The number of nitriles is 1. The monoisotopic (exact) mass is 267 g/mol. The highest BCUT2D eigenvalue weighted by Gasteiger charge is 2.24. The first-order valence-electron chi connectivity index (χ1n) is 5.97. The predicted octanol–water partition coefficient (Wildman–Crippen LogP) is 3.51. The summed E-state index contributed by atoms with van der Waals surface area (Å²) >= 11 is 0. The summed E-state index contributed by atoms with van der Waals surface area (Å²) in [6, 6.07) is 7.54. The fourth-order valence-electron chi connectivity index (χ4n) is 1.63. The van der Waals surface area contributed by atoms with Gasteiger partial charge in [0.05, 0.1) is 6.07 Å². The largest absolute Gasteiger partial charge is 0.435 e. The van der Waals surface area contributed by atoms with Crippen LogP contribution in [0.15, 0.2) is 24.3 Å². The fraction of sp³-hybridized carbons (Fsp3) is 0.429. The Kier molecular flexibility index (Phi) is 5.43. The van der Waals surface area contributed by atoms with Gasteiger partial charge >= 0.3 is 6.61 Å². The number of nitrogens with zero attached hydrogens (tertiary/aromatic N) is 1. The molecule has 102 valence electrons. The molecule has 0 aliphatic rings. The third-order valence-corrected chi connectivity index (χ3v) is 2.95. The average molecular weight is 267 g/mol. The molecule has 19 heavy (non-hydrogen) atoms. The van der Waals surface area contributed by atoms with E-state index in [1.807, 2.05) is 13.0 Å². The summed E-state index contributed by atoms with van der Waals surface area (Å²) in [7, 11) is 0. The van der Waals surface area contributed by atoms with Crippen molar-refractivity contribution in [1.82, 2.24) is 0 Å². The number of benzene rings is 1. The maximum absolute atomic E-state index is 12.0. The van der Waals surface area contributed by atoms with E-state index < -0.39 is 12.5 Å². The van der Waals surface area contributed by atoms with E-state index in [2.05, 4.69) is 4.74 Å². The molecule has 0 aliphatic carbocycles. The number of alkyl halides is 2. The summed E-state index contributed by atoms with van der Waals surface area (Å²) in [6.07, 6.45) is 0.656. The van der Waals surface area contributed by atoms with E-state index in [0.717, 1.165) is 0 Å². The molecular weight excluding hydrogens is 252 g/mol. The molecular formula is C14H15F2NO2. The van der Waals surface area contributed by atoms with Crippen molar-refractivity contribution >= 4 is 5.78 Å². The number of hydrogen-bond donors (Lipinski definition) is 0. The zero-order chi connectivity index (χ0) is 14.4. The number of carbonyl (C=O) groups is 1. The Morgan fingerprint density at radius 3 is 2.37 bits per heavy atom. The third kappa shape index (κ3) is 4.02. The zero-order valence-corrected chi connectivity index (χ0v) is 10.8. The van der Waals surface area contributed by atoms with Crippen molar-refractivity contribution < 1.29 is 18.3 Å². The highest BCUT2D eigenvalue weighted by Crippen LogP contribution is 2.24. The second kappa shape index (κ2) is 6.83. The molecule has 1 aromatic carbocycles. The predicted molar refractivity (Wildman–Crippen MR) is 65.9 cm³/mol. The summed E-state index contributed by atoms with van der Waals surface area (Å²) in [4.78, 5) is 12.0. The normalized spacial score (nSPS) is 13.7. The number of carbonyl (C=O) groups excluding carboxylic acids is 1. The number of Topliss-reactive ketones (excluding diaryl/α,β-unsaturated/α-hetero) is 1. The lowest BCUT2D eigenvalue weighted by Gasteiger charge is -2.13. The van der Waals surface area contributed by atoms with Gasteiger partial charge in [0.1, 0.15) is 11.7 Å². The Bertz CT molecular complexity index is 465. The molecule has 0 amide bonds. The van der Waals surface area contributed by atoms with Crippen LogP contribution in [0.25, 0.3) is 0 Å². The van der Waals surface area contributed by atoms with Crippen molar-refractivity contribution in [2.75, 3.05) is 0 Å². The summed E-state index contributed by atoms with van der Waals surface area (Å²) in [6.45, 7) is 0.747. The Hall–Kier alpha value is -1.96. The van der Waals surface area contributed by atoms with Gasteiger partial charge in [-0.3, -0.25) is 4.79 Å². The highest BCUT2D eigenvalue weighted by atomic mass is 19.3. The summed E-state index contributed by atoms with van der Waals surface area (Å²) in [5.41, 5.74) is 0.495. The Morgan fingerprint density at radius 2 is 1.95 bits per heavy atom. The molecule has 2 atom stereocenters. The number of ether oxygens (including phenoxy) is 1. The van der Waals surface area contributed by atoms with Gasteiger partial charge in [0.15, 0.2) is 5.78 Å². The second-order valence-electron chi connectivity index (χ2n) is 4.22. The molecule has 0 aliphatic heterocycles. The molecule has 0 N–H and O–H groups in total.